The van der Waals surface area contributed by atoms with Gasteiger partial charge in [0, 0.05) is 22.5 Å². The minimum absolute atomic E-state index is 0.161. The van der Waals surface area contributed by atoms with E-state index in [1.54, 1.807) is 18.2 Å². The Morgan fingerprint density at radius 1 is 1.16 bits per heavy atom. The number of nitrogens with one attached hydrogen (secondary N) is 1. The van der Waals surface area contributed by atoms with Crippen molar-refractivity contribution in [3.05, 3.63) is 63.5 Å². The van der Waals surface area contributed by atoms with Gasteiger partial charge in [0.15, 0.2) is 5.13 Å². The number of aromatic nitrogens is 1. The molecular formula is C23H25N3O3S2. The number of hydrogen-bond acceptors (Lipinski definition) is 5. The van der Waals surface area contributed by atoms with E-state index in [4.69, 9.17) is 0 Å². The van der Waals surface area contributed by atoms with Crippen molar-refractivity contribution in [2.45, 2.75) is 40.2 Å². The number of amides is 1. The Balaban J connectivity index is 1.57. The normalized spacial score (nSPS) is 15.8. The van der Waals surface area contributed by atoms with E-state index in [0.29, 0.717) is 22.8 Å². The average Bonchev–Trinajstić information content (AvgIpc) is 3.22. The molecule has 1 aliphatic rings. The average molecular weight is 456 g/mol. The summed E-state index contributed by atoms with van der Waals surface area (Å²) in [4.78, 5) is 17.4. The molecule has 0 aliphatic carbocycles. The molecule has 1 aliphatic heterocycles. The molecule has 1 N–H and O–H groups in total. The predicted molar refractivity (Wildman–Crippen MR) is 127 cm³/mol. The van der Waals surface area contributed by atoms with E-state index < -0.39 is 10.0 Å². The molecule has 0 fully saturated rings. The van der Waals surface area contributed by atoms with Crippen LogP contribution in [0, 0.1) is 20.8 Å². The topological polar surface area (TPSA) is 79.4 Å². The highest BCUT2D eigenvalue weighted by Gasteiger charge is 2.32. The monoisotopic (exact) mass is 455 g/mol. The minimum atomic E-state index is -3.36. The molecule has 0 spiro atoms. The quantitative estimate of drug-likeness (QED) is 0.619. The van der Waals surface area contributed by atoms with Gasteiger partial charge in [-0.2, -0.15) is 0 Å². The lowest BCUT2D eigenvalue weighted by Gasteiger charge is -2.21. The second-order valence-corrected chi connectivity index (χ2v) is 10.9. The Hall–Kier alpha value is -2.71. The molecule has 2 heterocycles. The first-order valence-corrected chi connectivity index (χ1v) is 12.7. The Kier molecular flexibility index (Phi) is 5.39. The fourth-order valence-corrected chi connectivity index (χ4v) is 6.41. The van der Waals surface area contributed by atoms with E-state index in [2.05, 4.69) is 43.2 Å². The molecule has 0 radical (unpaired) electrons. The number of aryl methyl sites for hydroxylation is 3. The number of sulfonamides is 1. The summed E-state index contributed by atoms with van der Waals surface area (Å²) in [6, 6.07) is 9.24. The van der Waals surface area contributed by atoms with Crippen molar-refractivity contribution in [3.63, 3.8) is 0 Å². The first kappa shape index (κ1) is 21.5. The third kappa shape index (κ3) is 4.09. The number of hydrogen-bond donors (Lipinski definition) is 1. The summed E-state index contributed by atoms with van der Waals surface area (Å²) in [5.41, 5.74) is 7.46. The van der Waals surface area contributed by atoms with Crippen LogP contribution < -0.4 is 9.62 Å². The van der Waals surface area contributed by atoms with E-state index in [1.165, 1.54) is 27.5 Å². The number of anilines is 2. The summed E-state index contributed by atoms with van der Waals surface area (Å²) in [5.74, 6) is -0.258. The molecule has 6 nitrogen and oxygen atoms in total. The van der Waals surface area contributed by atoms with Gasteiger partial charge in [-0.1, -0.05) is 17.7 Å². The molecule has 0 unspecified atom stereocenters. The molecule has 0 saturated heterocycles. The molecule has 3 aromatic rings. The van der Waals surface area contributed by atoms with Crippen LogP contribution in [-0.2, 0) is 16.4 Å². The molecule has 0 bridgehead atoms. The van der Waals surface area contributed by atoms with Crippen LogP contribution >= 0.6 is 11.3 Å². The van der Waals surface area contributed by atoms with Crippen LogP contribution in [0.1, 0.15) is 39.5 Å². The molecule has 4 rings (SSSR count). The van der Waals surface area contributed by atoms with Crippen molar-refractivity contribution in [1.29, 1.82) is 0 Å². The highest BCUT2D eigenvalue weighted by molar-refractivity contribution is 7.92. The summed E-state index contributed by atoms with van der Waals surface area (Å²) in [6.07, 6.45) is 1.79. The predicted octanol–water partition coefficient (Wildman–Crippen LogP) is 4.70. The standard InChI is InChI=1S/C23H25N3O3S2/c1-13-8-14(2)21(15(3)9-13)19-12-30-23(24-19)25-22(27)17-6-7-20-18(11-17)10-16(4)26(20)31(5,28)29/h6-9,11-12,16H,10H2,1-5H3,(H,24,25,27)/t16-/m0/s1. The summed E-state index contributed by atoms with van der Waals surface area (Å²) >= 11 is 1.39. The Bertz CT molecular complexity index is 1270. The maximum absolute atomic E-state index is 12.8. The molecular weight excluding hydrogens is 430 g/mol. The smallest absolute Gasteiger partial charge is 0.257 e. The SMILES string of the molecule is Cc1cc(C)c(-c2csc(NC(=O)c3ccc4c(c3)C[C@H](C)N4S(C)(=O)=O)n2)c(C)c1. The van der Waals surface area contributed by atoms with Crippen LogP contribution in [0.3, 0.4) is 0 Å². The van der Waals surface area contributed by atoms with Crippen LogP contribution in [-0.4, -0.2) is 31.6 Å². The lowest BCUT2D eigenvalue weighted by Crippen LogP contribution is -2.34. The molecule has 162 valence electrons. The van der Waals surface area contributed by atoms with Crippen LogP contribution in [0.5, 0.6) is 0 Å². The van der Waals surface area contributed by atoms with Gasteiger partial charge in [-0.05, 0) is 69.0 Å². The molecule has 1 amide bonds. The van der Waals surface area contributed by atoms with Crippen LogP contribution in [0.25, 0.3) is 11.3 Å². The third-order valence-electron chi connectivity index (χ3n) is 5.51. The summed E-state index contributed by atoms with van der Waals surface area (Å²) in [5, 5.41) is 5.37. The highest BCUT2D eigenvalue weighted by Crippen LogP contribution is 2.35. The number of thiazole rings is 1. The summed E-state index contributed by atoms with van der Waals surface area (Å²) in [6.45, 7) is 8.08. The number of nitrogens with zero attached hydrogens (tertiary/aromatic N) is 2. The first-order chi connectivity index (χ1) is 14.5. The van der Waals surface area contributed by atoms with Crippen molar-refractivity contribution in [2.24, 2.45) is 0 Å². The highest BCUT2D eigenvalue weighted by atomic mass is 32.2. The van der Waals surface area contributed by atoms with Gasteiger partial charge in [-0.25, -0.2) is 13.4 Å². The van der Waals surface area contributed by atoms with Crippen molar-refractivity contribution in [2.75, 3.05) is 15.9 Å². The van der Waals surface area contributed by atoms with Crippen molar-refractivity contribution in [3.8, 4) is 11.3 Å². The van der Waals surface area contributed by atoms with Gasteiger partial charge in [0.1, 0.15) is 0 Å². The fourth-order valence-electron chi connectivity index (χ4n) is 4.45. The number of carbonyl (C=O) groups is 1. The van der Waals surface area contributed by atoms with E-state index in [1.807, 2.05) is 12.3 Å². The van der Waals surface area contributed by atoms with Gasteiger partial charge in [0.25, 0.3) is 5.91 Å². The zero-order chi connectivity index (χ0) is 22.5. The van der Waals surface area contributed by atoms with Crippen molar-refractivity contribution in [1.82, 2.24) is 4.98 Å². The fraction of sp³-hybridized carbons (Fsp3) is 0.304. The molecule has 1 atom stereocenters. The molecule has 0 saturated carbocycles. The van der Waals surface area contributed by atoms with Gasteiger partial charge in [-0.3, -0.25) is 14.4 Å². The lowest BCUT2D eigenvalue weighted by molar-refractivity contribution is 0.102. The van der Waals surface area contributed by atoms with Gasteiger partial charge >= 0.3 is 0 Å². The van der Waals surface area contributed by atoms with Crippen LogP contribution in [0.2, 0.25) is 0 Å². The van der Waals surface area contributed by atoms with Gasteiger partial charge in [0.2, 0.25) is 10.0 Å². The second-order valence-electron chi connectivity index (χ2n) is 8.22. The maximum Gasteiger partial charge on any atom is 0.257 e. The second kappa shape index (κ2) is 7.76. The van der Waals surface area contributed by atoms with Crippen LogP contribution in [0.4, 0.5) is 10.8 Å². The van der Waals surface area contributed by atoms with Crippen molar-refractivity contribution < 1.29 is 13.2 Å². The zero-order valence-electron chi connectivity index (χ0n) is 18.2. The maximum atomic E-state index is 12.8. The van der Waals surface area contributed by atoms with E-state index in [-0.39, 0.29) is 11.9 Å². The summed E-state index contributed by atoms with van der Waals surface area (Å²) < 4.78 is 25.6. The van der Waals surface area contributed by atoms with E-state index >= 15 is 0 Å². The van der Waals surface area contributed by atoms with Gasteiger partial charge in [-0.15, -0.1) is 11.3 Å². The largest absolute Gasteiger partial charge is 0.298 e. The molecule has 8 heteroatoms. The number of carbonyl (C=O) groups excluding carboxylic acids is 1. The molecule has 31 heavy (non-hydrogen) atoms. The van der Waals surface area contributed by atoms with E-state index in [9.17, 15) is 13.2 Å². The molecule has 2 aromatic carbocycles. The Labute approximate surface area is 187 Å². The van der Waals surface area contributed by atoms with E-state index in [0.717, 1.165) is 27.9 Å². The van der Waals surface area contributed by atoms with Gasteiger partial charge < -0.3 is 0 Å². The third-order valence-corrected chi connectivity index (χ3v) is 7.54. The first-order valence-electron chi connectivity index (χ1n) is 10.0. The zero-order valence-corrected chi connectivity index (χ0v) is 19.8. The molecule has 1 aromatic heterocycles. The number of rotatable bonds is 4. The summed E-state index contributed by atoms with van der Waals surface area (Å²) in [7, 11) is -3.36. The number of fused-ring (bicyclic) bond motifs is 1. The lowest BCUT2D eigenvalue weighted by atomic mass is 9.98. The number of benzene rings is 2. The Morgan fingerprint density at radius 3 is 2.48 bits per heavy atom. The van der Waals surface area contributed by atoms with Crippen molar-refractivity contribution >= 4 is 38.1 Å². The van der Waals surface area contributed by atoms with Crippen LogP contribution in [0.15, 0.2) is 35.7 Å². The minimum Gasteiger partial charge on any atom is -0.298 e. The Morgan fingerprint density at radius 2 is 1.84 bits per heavy atom. The van der Waals surface area contributed by atoms with Gasteiger partial charge in [0.05, 0.1) is 17.6 Å².